The van der Waals surface area contributed by atoms with Crippen LogP contribution in [0.15, 0.2) is 60.9 Å². The Kier molecular flexibility index (Phi) is 4.50. The number of para-hydroxylation sites is 1. The van der Waals surface area contributed by atoms with Gasteiger partial charge in [-0.2, -0.15) is 0 Å². The molecule has 0 bridgehead atoms. The predicted octanol–water partition coefficient (Wildman–Crippen LogP) is 5.16. The molecule has 2 heterocycles. The van der Waals surface area contributed by atoms with E-state index in [9.17, 15) is 0 Å². The Bertz CT molecular complexity index is 1060. The number of aromatic nitrogens is 3. The maximum absolute atomic E-state index is 5.56. The Morgan fingerprint density at radius 1 is 1.00 bits per heavy atom. The van der Waals surface area contributed by atoms with E-state index in [1.54, 1.807) is 6.20 Å². The zero-order chi connectivity index (χ0) is 18.8. The molecule has 5 nitrogen and oxygen atoms in total. The highest BCUT2D eigenvalue weighted by atomic mass is 16.5. The Labute approximate surface area is 158 Å². The van der Waals surface area contributed by atoms with E-state index in [4.69, 9.17) is 9.72 Å². The molecule has 0 unspecified atom stereocenters. The van der Waals surface area contributed by atoms with Gasteiger partial charge in [-0.3, -0.25) is 4.40 Å². The predicted molar refractivity (Wildman–Crippen MR) is 109 cm³/mol. The van der Waals surface area contributed by atoms with Gasteiger partial charge in [0.05, 0.1) is 6.61 Å². The van der Waals surface area contributed by atoms with Crippen molar-refractivity contribution in [2.75, 3.05) is 11.9 Å². The van der Waals surface area contributed by atoms with Crippen LogP contribution >= 0.6 is 0 Å². The van der Waals surface area contributed by atoms with Gasteiger partial charge in [0.25, 0.3) is 0 Å². The van der Waals surface area contributed by atoms with E-state index in [0.29, 0.717) is 12.4 Å². The van der Waals surface area contributed by atoms with E-state index in [0.717, 1.165) is 28.5 Å². The molecule has 0 atom stereocenters. The van der Waals surface area contributed by atoms with Gasteiger partial charge >= 0.3 is 0 Å². The fourth-order valence-corrected chi connectivity index (χ4v) is 3.21. The summed E-state index contributed by atoms with van der Waals surface area (Å²) in [7, 11) is 0. The fourth-order valence-electron chi connectivity index (χ4n) is 3.21. The van der Waals surface area contributed by atoms with Gasteiger partial charge in [0.1, 0.15) is 17.3 Å². The summed E-state index contributed by atoms with van der Waals surface area (Å²) in [5.41, 5.74) is 5.34. The van der Waals surface area contributed by atoms with Crippen LogP contribution in [0.3, 0.4) is 0 Å². The standard InChI is InChI=1S/C22H22N4O/c1-4-27-18-11-9-17(10-12-18)20-21(26-14-6-13-23-22(26)25-20)24-19-15(2)7-5-8-16(19)3/h5-14,24H,4H2,1-3H3. The third kappa shape index (κ3) is 3.24. The zero-order valence-electron chi connectivity index (χ0n) is 15.7. The number of fused-ring (bicyclic) bond motifs is 1. The maximum Gasteiger partial charge on any atom is 0.235 e. The normalized spacial score (nSPS) is 10.9. The second-order valence-corrected chi connectivity index (χ2v) is 6.45. The van der Waals surface area contributed by atoms with Crippen LogP contribution in [0.2, 0.25) is 0 Å². The van der Waals surface area contributed by atoms with Gasteiger partial charge in [-0.1, -0.05) is 18.2 Å². The summed E-state index contributed by atoms with van der Waals surface area (Å²) < 4.78 is 7.54. The molecule has 27 heavy (non-hydrogen) atoms. The molecule has 2 aromatic heterocycles. The third-order valence-electron chi connectivity index (χ3n) is 4.57. The number of hydrogen-bond acceptors (Lipinski definition) is 4. The van der Waals surface area contributed by atoms with Crippen LogP contribution in [0.4, 0.5) is 11.5 Å². The largest absolute Gasteiger partial charge is 0.494 e. The van der Waals surface area contributed by atoms with Crippen LogP contribution in [0.1, 0.15) is 18.1 Å². The quantitative estimate of drug-likeness (QED) is 0.536. The molecule has 0 aliphatic heterocycles. The third-order valence-corrected chi connectivity index (χ3v) is 4.57. The average Bonchev–Trinajstić information content (AvgIpc) is 3.04. The highest BCUT2D eigenvalue weighted by molar-refractivity contribution is 5.80. The Morgan fingerprint density at radius 3 is 2.44 bits per heavy atom. The minimum absolute atomic E-state index is 0.650. The van der Waals surface area contributed by atoms with Gasteiger partial charge in [0.2, 0.25) is 5.78 Å². The molecular weight excluding hydrogens is 336 g/mol. The molecule has 0 spiro atoms. The zero-order valence-corrected chi connectivity index (χ0v) is 15.7. The molecule has 2 aromatic carbocycles. The lowest BCUT2D eigenvalue weighted by molar-refractivity contribution is 0.340. The van der Waals surface area contributed by atoms with Crippen LogP contribution in [-0.4, -0.2) is 21.0 Å². The summed E-state index contributed by atoms with van der Waals surface area (Å²) in [6, 6.07) is 16.2. The highest BCUT2D eigenvalue weighted by Gasteiger charge is 2.16. The lowest BCUT2D eigenvalue weighted by Gasteiger charge is -2.14. The van der Waals surface area contributed by atoms with Crippen molar-refractivity contribution in [2.45, 2.75) is 20.8 Å². The summed E-state index contributed by atoms with van der Waals surface area (Å²) in [5.74, 6) is 2.42. The SMILES string of the molecule is CCOc1ccc(-c2nc3ncccn3c2Nc2c(C)cccc2C)cc1. The second kappa shape index (κ2) is 7.11. The van der Waals surface area contributed by atoms with Gasteiger partial charge in [-0.25, -0.2) is 9.97 Å². The number of hydrogen-bond donors (Lipinski definition) is 1. The monoisotopic (exact) mass is 358 g/mol. The van der Waals surface area contributed by atoms with Gasteiger partial charge in [0, 0.05) is 23.6 Å². The van der Waals surface area contributed by atoms with E-state index >= 15 is 0 Å². The summed E-state index contributed by atoms with van der Waals surface area (Å²) in [6.07, 6.45) is 3.73. The molecule has 0 aliphatic rings. The molecule has 0 saturated heterocycles. The second-order valence-electron chi connectivity index (χ2n) is 6.45. The lowest BCUT2D eigenvalue weighted by Crippen LogP contribution is -2.01. The van der Waals surface area contributed by atoms with Crippen molar-refractivity contribution in [3.8, 4) is 17.0 Å². The first-order chi connectivity index (χ1) is 13.2. The van der Waals surface area contributed by atoms with Crippen LogP contribution in [-0.2, 0) is 0 Å². The summed E-state index contributed by atoms with van der Waals surface area (Å²) in [5, 5.41) is 3.60. The number of benzene rings is 2. The summed E-state index contributed by atoms with van der Waals surface area (Å²) >= 11 is 0. The maximum atomic E-state index is 5.56. The Hall–Kier alpha value is -3.34. The lowest BCUT2D eigenvalue weighted by atomic mass is 10.1. The molecule has 0 aliphatic carbocycles. The minimum atomic E-state index is 0.650. The molecule has 1 N–H and O–H groups in total. The molecule has 5 heteroatoms. The number of rotatable bonds is 5. The first-order valence-electron chi connectivity index (χ1n) is 9.07. The van der Waals surface area contributed by atoms with E-state index in [1.165, 1.54) is 11.1 Å². The van der Waals surface area contributed by atoms with Crippen molar-refractivity contribution in [3.05, 3.63) is 72.1 Å². The van der Waals surface area contributed by atoms with Gasteiger partial charge < -0.3 is 10.1 Å². The molecule has 0 fully saturated rings. The van der Waals surface area contributed by atoms with E-state index in [1.807, 2.05) is 47.9 Å². The number of aryl methyl sites for hydroxylation is 2. The minimum Gasteiger partial charge on any atom is -0.494 e. The van der Waals surface area contributed by atoms with Crippen molar-refractivity contribution in [2.24, 2.45) is 0 Å². The van der Waals surface area contributed by atoms with Crippen molar-refractivity contribution in [1.82, 2.24) is 14.4 Å². The van der Waals surface area contributed by atoms with Crippen LogP contribution in [0, 0.1) is 13.8 Å². The number of anilines is 2. The first-order valence-corrected chi connectivity index (χ1v) is 9.07. The molecular formula is C22H22N4O. The number of nitrogens with zero attached hydrogens (tertiary/aromatic N) is 3. The number of nitrogens with one attached hydrogen (secondary N) is 1. The molecule has 0 saturated carbocycles. The summed E-state index contributed by atoms with van der Waals surface area (Å²) in [4.78, 5) is 9.17. The van der Waals surface area contributed by atoms with Gasteiger partial charge in [0.15, 0.2) is 0 Å². The molecule has 0 amide bonds. The molecule has 0 radical (unpaired) electrons. The van der Waals surface area contributed by atoms with Crippen LogP contribution in [0.5, 0.6) is 5.75 Å². The van der Waals surface area contributed by atoms with Gasteiger partial charge in [-0.15, -0.1) is 0 Å². The number of imidazole rings is 1. The average molecular weight is 358 g/mol. The number of ether oxygens (including phenoxy) is 1. The van der Waals surface area contributed by atoms with Gasteiger partial charge in [-0.05, 0) is 62.2 Å². The van der Waals surface area contributed by atoms with Crippen molar-refractivity contribution in [3.63, 3.8) is 0 Å². The smallest absolute Gasteiger partial charge is 0.235 e. The van der Waals surface area contributed by atoms with Crippen molar-refractivity contribution in [1.29, 1.82) is 0 Å². The first kappa shape index (κ1) is 17.1. The fraction of sp³-hybridized carbons (Fsp3) is 0.182. The molecule has 4 aromatic rings. The Morgan fingerprint density at radius 2 is 1.74 bits per heavy atom. The molecule has 136 valence electrons. The topological polar surface area (TPSA) is 51.5 Å². The van der Waals surface area contributed by atoms with Crippen molar-refractivity contribution < 1.29 is 4.74 Å². The van der Waals surface area contributed by atoms with E-state index in [2.05, 4.69) is 42.3 Å². The van der Waals surface area contributed by atoms with E-state index < -0.39 is 0 Å². The molecule has 4 rings (SSSR count). The van der Waals surface area contributed by atoms with E-state index in [-0.39, 0.29) is 0 Å². The van der Waals surface area contributed by atoms with Crippen LogP contribution in [0.25, 0.3) is 17.0 Å². The van der Waals surface area contributed by atoms with Crippen molar-refractivity contribution >= 4 is 17.3 Å². The highest BCUT2D eigenvalue weighted by Crippen LogP contribution is 2.33. The van der Waals surface area contributed by atoms with Crippen LogP contribution < -0.4 is 10.1 Å². The Balaban J connectivity index is 1.84. The summed E-state index contributed by atoms with van der Waals surface area (Å²) in [6.45, 7) is 6.84.